The third-order valence-electron chi connectivity index (χ3n) is 2.31. The van der Waals surface area contributed by atoms with Gasteiger partial charge in [0.2, 0.25) is 0 Å². The highest BCUT2D eigenvalue weighted by Crippen LogP contribution is 2.09. The largest absolute Gasteiger partial charge is 0.423 e. The quantitative estimate of drug-likeness (QED) is 0.449. The number of carbonyl (C=O) groups excluding carboxylic acids is 1. The Morgan fingerprint density at radius 3 is 2.33 bits per heavy atom. The monoisotopic (exact) mass is 242 g/mol. The first-order valence-electron chi connectivity index (χ1n) is 5.81. The van der Waals surface area contributed by atoms with Gasteiger partial charge in [-0.25, -0.2) is 4.79 Å². The van der Waals surface area contributed by atoms with Crippen molar-refractivity contribution in [2.24, 2.45) is 0 Å². The molecule has 0 heterocycles. The summed E-state index contributed by atoms with van der Waals surface area (Å²) >= 11 is 0. The van der Waals surface area contributed by atoms with Gasteiger partial charge < -0.3 is 4.74 Å². The maximum absolute atomic E-state index is 11.9. The summed E-state index contributed by atoms with van der Waals surface area (Å²) in [5, 5.41) is 0. The molecule has 0 aliphatic heterocycles. The van der Waals surface area contributed by atoms with E-state index in [0.717, 1.165) is 11.1 Å². The van der Waals surface area contributed by atoms with Gasteiger partial charge in [0, 0.05) is 0 Å². The normalized spacial score (nSPS) is 11.6. The van der Waals surface area contributed by atoms with E-state index in [2.05, 4.69) is 6.58 Å². The van der Waals surface area contributed by atoms with Crippen LogP contribution in [-0.4, -0.2) is 5.97 Å². The highest BCUT2D eigenvalue weighted by atomic mass is 16.5. The molecule has 0 fully saturated rings. The summed E-state index contributed by atoms with van der Waals surface area (Å²) < 4.78 is 5.27. The lowest BCUT2D eigenvalue weighted by Gasteiger charge is -2.05. The van der Waals surface area contributed by atoms with Crippen LogP contribution < -0.4 is 0 Å². The molecule has 0 aliphatic rings. The lowest BCUT2D eigenvalue weighted by Crippen LogP contribution is -2.03. The van der Waals surface area contributed by atoms with E-state index in [-0.39, 0.29) is 5.97 Å². The lowest BCUT2D eigenvalue weighted by atomic mass is 10.1. The van der Waals surface area contributed by atoms with Crippen LogP contribution in [0.3, 0.4) is 0 Å². The van der Waals surface area contributed by atoms with Gasteiger partial charge in [-0.15, -0.1) is 0 Å². The maximum Gasteiger partial charge on any atom is 0.343 e. The molecular formula is C16H18O2. The molecule has 0 aliphatic carbocycles. The molecule has 0 aromatic heterocycles. The van der Waals surface area contributed by atoms with E-state index in [9.17, 15) is 4.79 Å². The van der Waals surface area contributed by atoms with Crippen molar-refractivity contribution in [2.75, 3.05) is 0 Å². The zero-order chi connectivity index (χ0) is 13.5. The number of allylic oxidation sites excluding steroid dienone is 4. The first-order valence-corrected chi connectivity index (χ1v) is 5.81. The molecule has 0 saturated carbocycles. The zero-order valence-electron chi connectivity index (χ0n) is 11.1. The topological polar surface area (TPSA) is 26.3 Å². The second-order valence-corrected chi connectivity index (χ2v) is 4.13. The van der Waals surface area contributed by atoms with E-state index in [0.29, 0.717) is 11.3 Å². The van der Waals surface area contributed by atoms with Gasteiger partial charge in [-0.3, -0.25) is 0 Å². The van der Waals surface area contributed by atoms with Crippen molar-refractivity contribution < 1.29 is 9.53 Å². The molecule has 0 atom stereocenters. The molecule has 0 amide bonds. The Labute approximate surface area is 108 Å². The standard InChI is InChI=1S/C16H18O2/c1-5-15(11-6-12(2)3)18-16(17)14-9-7-13(4)8-10-14/h5-11H,2H2,1,3-4H3/b11-6-,15-5-. The molecule has 2 heteroatoms. The average Bonchev–Trinajstić information content (AvgIpc) is 2.34. The fraction of sp³-hybridized carbons (Fsp3) is 0.188. The van der Waals surface area contributed by atoms with Gasteiger partial charge in [-0.05, 0) is 45.1 Å². The predicted molar refractivity (Wildman–Crippen MR) is 74.3 cm³/mol. The lowest BCUT2D eigenvalue weighted by molar-refractivity contribution is 0.0636. The van der Waals surface area contributed by atoms with Crippen LogP contribution in [0.4, 0.5) is 0 Å². The maximum atomic E-state index is 11.9. The van der Waals surface area contributed by atoms with Crippen LogP contribution in [0.2, 0.25) is 0 Å². The van der Waals surface area contributed by atoms with Crippen molar-refractivity contribution in [2.45, 2.75) is 20.8 Å². The Bertz CT molecular complexity index is 490. The molecule has 2 nitrogen and oxygen atoms in total. The average molecular weight is 242 g/mol. The number of aryl methyl sites for hydroxylation is 1. The van der Waals surface area contributed by atoms with Crippen LogP contribution in [0.5, 0.6) is 0 Å². The van der Waals surface area contributed by atoms with Crippen LogP contribution >= 0.6 is 0 Å². The molecule has 1 rings (SSSR count). The van der Waals surface area contributed by atoms with Crippen molar-refractivity contribution in [3.63, 3.8) is 0 Å². The Morgan fingerprint density at radius 1 is 1.22 bits per heavy atom. The van der Waals surface area contributed by atoms with Crippen molar-refractivity contribution >= 4 is 5.97 Å². The first-order chi connectivity index (χ1) is 8.52. The van der Waals surface area contributed by atoms with E-state index in [1.807, 2.05) is 32.9 Å². The smallest absolute Gasteiger partial charge is 0.343 e. The minimum absolute atomic E-state index is 0.352. The molecular weight excluding hydrogens is 224 g/mol. The number of hydrogen-bond donors (Lipinski definition) is 0. The van der Waals surface area contributed by atoms with Crippen molar-refractivity contribution in [1.82, 2.24) is 0 Å². The number of benzene rings is 1. The van der Waals surface area contributed by atoms with Gasteiger partial charge in [0.05, 0.1) is 5.56 Å². The van der Waals surface area contributed by atoms with E-state index in [1.165, 1.54) is 0 Å². The first kappa shape index (κ1) is 14.0. The summed E-state index contributed by atoms with van der Waals surface area (Å²) in [6, 6.07) is 7.28. The van der Waals surface area contributed by atoms with Gasteiger partial charge in [-0.1, -0.05) is 35.9 Å². The highest BCUT2D eigenvalue weighted by molar-refractivity contribution is 5.90. The van der Waals surface area contributed by atoms with Crippen molar-refractivity contribution in [3.05, 3.63) is 71.5 Å². The minimum atomic E-state index is -0.352. The number of hydrogen-bond acceptors (Lipinski definition) is 2. The van der Waals surface area contributed by atoms with E-state index >= 15 is 0 Å². The summed E-state index contributed by atoms with van der Waals surface area (Å²) in [6.07, 6.45) is 5.28. The number of carbonyl (C=O) groups is 1. The SMILES string of the molecule is C=C(C)/C=C\C(=C\C)OC(=O)c1ccc(C)cc1. The van der Waals surface area contributed by atoms with Gasteiger partial charge in [0.25, 0.3) is 0 Å². The fourth-order valence-corrected chi connectivity index (χ4v) is 1.27. The molecule has 0 unspecified atom stereocenters. The van der Waals surface area contributed by atoms with Gasteiger partial charge in [0.15, 0.2) is 0 Å². The molecule has 94 valence electrons. The molecule has 18 heavy (non-hydrogen) atoms. The summed E-state index contributed by atoms with van der Waals surface area (Å²) in [7, 11) is 0. The summed E-state index contributed by atoms with van der Waals surface area (Å²) in [6.45, 7) is 9.43. The summed E-state index contributed by atoms with van der Waals surface area (Å²) in [5.41, 5.74) is 2.56. The molecule has 1 aromatic rings. The third-order valence-corrected chi connectivity index (χ3v) is 2.31. The molecule has 0 N–H and O–H groups in total. The Balaban J connectivity index is 2.74. The van der Waals surface area contributed by atoms with Crippen molar-refractivity contribution in [3.8, 4) is 0 Å². The highest BCUT2D eigenvalue weighted by Gasteiger charge is 2.07. The van der Waals surface area contributed by atoms with Crippen LogP contribution in [0.15, 0.2) is 60.4 Å². The number of esters is 1. The van der Waals surface area contributed by atoms with Crippen molar-refractivity contribution in [1.29, 1.82) is 0 Å². The van der Waals surface area contributed by atoms with Crippen LogP contribution in [0.25, 0.3) is 0 Å². The minimum Gasteiger partial charge on any atom is -0.423 e. The Hall–Kier alpha value is -2.09. The number of rotatable bonds is 4. The Morgan fingerprint density at radius 2 is 1.83 bits per heavy atom. The summed E-state index contributed by atoms with van der Waals surface area (Å²) in [5.74, 6) is 0.165. The van der Waals surface area contributed by atoms with Gasteiger partial charge in [0.1, 0.15) is 5.76 Å². The molecule has 0 saturated heterocycles. The fourth-order valence-electron chi connectivity index (χ4n) is 1.27. The second kappa shape index (κ2) is 6.60. The van der Waals surface area contributed by atoms with Crippen LogP contribution in [0, 0.1) is 6.92 Å². The van der Waals surface area contributed by atoms with Crippen LogP contribution in [-0.2, 0) is 4.74 Å². The van der Waals surface area contributed by atoms with Gasteiger partial charge in [-0.2, -0.15) is 0 Å². The summed E-state index contributed by atoms with van der Waals surface area (Å²) in [4.78, 5) is 11.9. The van der Waals surface area contributed by atoms with Crippen LogP contribution in [0.1, 0.15) is 29.8 Å². The zero-order valence-corrected chi connectivity index (χ0v) is 11.1. The molecule has 0 bridgehead atoms. The molecule has 0 radical (unpaired) electrons. The van der Waals surface area contributed by atoms with E-state index < -0.39 is 0 Å². The predicted octanol–water partition coefficient (Wildman–Crippen LogP) is 4.19. The number of ether oxygens (including phenoxy) is 1. The Kier molecular flexibility index (Phi) is 5.12. The molecule has 1 aromatic carbocycles. The molecule has 0 spiro atoms. The third kappa shape index (κ3) is 4.42. The second-order valence-electron chi connectivity index (χ2n) is 4.13. The van der Waals surface area contributed by atoms with E-state index in [4.69, 9.17) is 4.74 Å². The van der Waals surface area contributed by atoms with Gasteiger partial charge >= 0.3 is 5.97 Å². The van der Waals surface area contributed by atoms with E-state index in [1.54, 1.807) is 30.4 Å².